The first kappa shape index (κ1) is 15.1. The molecule has 2 heterocycles. The molecule has 0 aliphatic carbocycles. The van der Waals surface area contributed by atoms with Crippen molar-refractivity contribution in [2.24, 2.45) is 0 Å². The van der Waals surface area contributed by atoms with Crippen LogP contribution >= 0.6 is 11.3 Å². The lowest BCUT2D eigenvalue weighted by Crippen LogP contribution is -1.96. The summed E-state index contributed by atoms with van der Waals surface area (Å²) in [5.74, 6) is -0.0569. The smallest absolute Gasteiger partial charge is 0.199 e. The van der Waals surface area contributed by atoms with Gasteiger partial charge in [-0.3, -0.25) is 9.78 Å². The maximum Gasteiger partial charge on any atom is 0.199 e. The molecular formula is C18H15N3OS. The molecule has 3 rings (SSSR count). The molecule has 0 unspecified atom stereocenters. The summed E-state index contributed by atoms with van der Waals surface area (Å²) in [4.78, 5) is 21.5. The van der Waals surface area contributed by atoms with Crippen LogP contribution in [0, 0.1) is 6.92 Å². The number of allylic oxidation sites excluding steroid dienone is 1. The lowest BCUT2D eigenvalue weighted by Gasteiger charge is -1.97. The number of anilines is 1. The van der Waals surface area contributed by atoms with Gasteiger partial charge in [0.2, 0.25) is 0 Å². The molecule has 0 saturated carbocycles. The van der Waals surface area contributed by atoms with Gasteiger partial charge in [0.15, 0.2) is 5.78 Å². The van der Waals surface area contributed by atoms with Crippen LogP contribution in [0.15, 0.2) is 67.1 Å². The van der Waals surface area contributed by atoms with E-state index >= 15 is 0 Å². The highest BCUT2D eigenvalue weighted by molar-refractivity contribution is 7.17. The Balaban J connectivity index is 1.74. The summed E-state index contributed by atoms with van der Waals surface area (Å²) in [6.45, 7) is 1.86. The monoisotopic (exact) mass is 321 g/mol. The third kappa shape index (κ3) is 3.70. The van der Waals surface area contributed by atoms with E-state index in [4.69, 9.17) is 0 Å². The summed E-state index contributed by atoms with van der Waals surface area (Å²) >= 11 is 1.41. The molecule has 3 aromatic rings. The number of ketones is 1. The summed E-state index contributed by atoms with van der Waals surface area (Å²) < 4.78 is 0. The van der Waals surface area contributed by atoms with Crippen molar-refractivity contribution in [1.29, 1.82) is 0 Å². The molecule has 1 N–H and O–H groups in total. The van der Waals surface area contributed by atoms with Gasteiger partial charge in [0, 0.05) is 24.0 Å². The fourth-order valence-electron chi connectivity index (χ4n) is 2.07. The van der Waals surface area contributed by atoms with Crippen LogP contribution in [0.25, 0.3) is 10.6 Å². The number of aryl methyl sites for hydroxylation is 1. The molecule has 0 aliphatic rings. The van der Waals surface area contributed by atoms with Gasteiger partial charge in [0.05, 0.1) is 22.5 Å². The number of rotatable bonds is 5. The summed E-state index contributed by atoms with van der Waals surface area (Å²) in [5, 5.41) is 3.88. The Morgan fingerprint density at radius 2 is 2.00 bits per heavy atom. The van der Waals surface area contributed by atoms with Crippen LogP contribution < -0.4 is 5.32 Å². The standard InChI is InChI=1S/C18H15N3OS/c1-13-17(23-18(21-13)14-6-3-2-4-7-14)16(22)9-11-20-15-8-5-10-19-12-15/h2-12,20H,1H3/b11-9+. The van der Waals surface area contributed by atoms with Crippen molar-refractivity contribution in [3.8, 4) is 10.6 Å². The highest BCUT2D eigenvalue weighted by Crippen LogP contribution is 2.28. The number of aromatic nitrogens is 2. The molecule has 0 radical (unpaired) electrons. The Bertz CT molecular complexity index is 826. The molecule has 0 aliphatic heterocycles. The minimum Gasteiger partial charge on any atom is -0.360 e. The minimum atomic E-state index is -0.0569. The Labute approximate surface area is 138 Å². The topological polar surface area (TPSA) is 54.9 Å². The van der Waals surface area contributed by atoms with Crippen molar-refractivity contribution in [1.82, 2.24) is 9.97 Å². The van der Waals surface area contributed by atoms with Crippen LogP contribution in [0.4, 0.5) is 5.69 Å². The van der Waals surface area contributed by atoms with Gasteiger partial charge < -0.3 is 5.32 Å². The first-order valence-corrected chi connectivity index (χ1v) is 7.96. The molecule has 5 heteroatoms. The van der Waals surface area contributed by atoms with Crippen LogP contribution in [0.3, 0.4) is 0 Å². The number of carbonyl (C=O) groups is 1. The second-order valence-corrected chi connectivity index (χ2v) is 5.88. The highest BCUT2D eigenvalue weighted by atomic mass is 32.1. The molecule has 0 fully saturated rings. The van der Waals surface area contributed by atoms with Gasteiger partial charge in [-0.05, 0) is 19.1 Å². The highest BCUT2D eigenvalue weighted by Gasteiger charge is 2.13. The Morgan fingerprint density at radius 3 is 2.74 bits per heavy atom. The summed E-state index contributed by atoms with van der Waals surface area (Å²) in [7, 11) is 0. The fourth-order valence-corrected chi connectivity index (χ4v) is 3.06. The summed E-state index contributed by atoms with van der Waals surface area (Å²) in [5.41, 5.74) is 2.62. The number of pyridine rings is 1. The van der Waals surface area contributed by atoms with Crippen LogP contribution in [0.1, 0.15) is 15.4 Å². The lowest BCUT2D eigenvalue weighted by molar-refractivity contribution is 0.104. The Hall–Kier alpha value is -2.79. The lowest BCUT2D eigenvalue weighted by atomic mass is 10.2. The average Bonchev–Trinajstić information content (AvgIpc) is 2.98. The average molecular weight is 321 g/mol. The normalized spacial score (nSPS) is 10.8. The molecule has 0 amide bonds. The van der Waals surface area contributed by atoms with Crippen molar-refractivity contribution in [3.63, 3.8) is 0 Å². The second kappa shape index (κ2) is 6.98. The number of hydrogen-bond donors (Lipinski definition) is 1. The van der Waals surface area contributed by atoms with Crippen LogP contribution in [0.2, 0.25) is 0 Å². The maximum absolute atomic E-state index is 12.3. The van der Waals surface area contributed by atoms with E-state index in [1.54, 1.807) is 18.6 Å². The van der Waals surface area contributed by atoms with E-state index in [0.717, 1.165) is 22.0 Å². The molecule has 2 aromatic heterocycles. The van der Waals surface area contributed by atoms with Gasteiger partial charge in [0.1, 0.15) is 5.01 Å². The van der Waals surface area contributed by atoms with Crippen molar-refractivity contribution >= 4 is 22.8 Å². The zero-order chi connectivity index (χ0) is 16.1. The van der Waals surface area contributed by atoms with Crippen molar-refractivity contribution in [2.75, 3.05) is 5.32 Å². The Morgan fingerprint density at radius 1 is 1.17 bits per heavy atom. The number of thiazole rings is 1. The molecular weight excluding hydrogens is 306 g/mol. The Kier molecular flexibility index (Phi) is 4.59. The number of nitrogens with one attached hydrogen (secondary N) is 1. The molecule has 23 heavy (non-hydrogen) atoms. The minimum absolute atomic E-state index is 0.0569. The number of carbonyl (C=O) groups excluding carboxylic acids is 1. The van der Waals surface area contributed by atoms with Crippen molar-refractivity contribution in [3.05, 3.63) is 77.7 Å². The van der Waals surface area contributed by atoms with Crippen molar-refractivity contribution < 1.29 is 4.79 Å². The van der Waals surface area contributed by atoms with Gasteiger partial charge in [-0.15, -0.1) is 11.3 Å². The van der Waals surface area contributed by atoms with Gasteiger partial charge >= 0.3 is 0 Å². The maximum atomic E-state index is 12.3. The van der Waals surface area contributed by atoms with E-state index in [1.807, 2.05) is 49.4 Å². The van der Waals surface area contributed by atoms with Gasteiger partial charge in [-0.1, -0.05) is 30.3 Å². The number of benzene rings is 1. The molecule has 4 nitrogen and oxygen atoms in total. The zero-order valence-corrected chi connectivity index (χ0v) is 13.4. The van der Waals surface area contributed by atoms with Crippen LogP contribution in [-0.4, -0.2) is 15.8 Å². The van der Waals surface area contributed by atoms with E-state index in [0.29, 0.717) is 4.88 Å². The van der Waals surface area contributed by atoms with Crippen molar-refractivity contribution in [2.45, 2.75) is 6.92 Å². The first-order valence-electron chi connectivity index (χ1n) is 7.14. The number of nitrogens with zero attached hydrogens (tertiary/aromatic N) is 2. The third-order valence-electron chi connectivity index (χ3n) is 3.19. The third-order valence-corrected chi connectivity index (χ3v) is 4.41. The second-order valence-electron chi connectivity index (χ2n) is 4.88. The fraction of sp³-hybridized carbons (Fsp3) is 0.0556. The zero-order valence-electron chi connectivity index (χ0n) is 12.6. The number of hydrogen-bond acceptors (Lipinski definition) is 5. The summed E-state index contributed by atoms with van der Waals surface area (Å²) in [6.07, 6.45) is 6.54. The largest absolute Gasteiger partial charge is 0.360 e. The van der Waals surface area contributed by atoms with E-state index in [2.05, 4.69) is 15.3 Å². The van der Waals surface area contributed by atoms with Gasteiger partial charge in [0.25, 0.3) is 0 Å². The van der Waals surface area contributed by atoms with E-state index in [1.165, 1.54) is 17.4 Å². The molecule has 1 aromatic carbocycles. The van der Waals surface area contributed by atoms with E-state index < -0.39 is 0 Å². The molecule has 0 saturated heterocycles. The quantitative estimate of drug-likeness (QED) is 0.561. The van der Waals surface area contributed by atoms with Crippen LogP contribution in [-0.2, 0) is 0 Å². The van der Waals surface area contributed by atoms with E-state index in [-0.39, 0.29) is 5.78 Å². The molecule has 0 atom stereocenters. The summed E-state index contributed by atoms with van der Waals surface area (Å²) in [6, 6.07) is 13.6. The van der Waals surface area contributed by atoms with Crippen LogP contribution in [0.5, 0.6) is 0 Å². The van der Waals surface area contributed by atoms with Gasteiger partial charge in [-0.2, -0.15) is 0 Å². The van der Waals surface area contributed by atoms with E-state index in [9.17, 15) is 4.79 Å². The first-order chi connectivity index (χ1) is 11.2. The molecule has 114 valence electrons. The van der Waals surface area contributed by atoms with Gasteiger partial charge in [-0.25, -0.2) is 4.98 Å². The molecule has 0 bridgehead atoms. The predicted molar refractivity (Wildman–Crippen MR) is 93.6 cm³/mol. The SMILES string of the molecule is Cc1nc(-c2ccccc2)sc1C(=O)/C=C/Nc1cccnc1. The predicted octanol–water partition coefficient (Wildman–Crippen LogP) is 4.32. The molecule has 0 spiro atoms.